The zero-order chi connectivity index (χ0) is 9.80. The Morgan fingerprint density at radius 2 is 2.14 bits per heavy atom. The van der Waals surface area contributed by atoms with Crippen molar-refractivity contribution >= 4 is 44.2 Å². The molecule has 3 nitrogen and oxygen atoms in total. The molecule has 1 aromatic rings. The van der Waals surface area contributed by atoms with Crippen LogP contribution in [0.2, 0.25) is 0 Å². The van der Waals surface area contributed by atoms with E-state index in [0.717, 1.165) is 21.5 Å². The van der Waals surface area contributed by atoms with E-state index in [1.165, 1.54) is 24.3 Å². The van der Waals surface area contributed by atoms with Gasteiger partial charge in [-0.05, 0) is 46.2 Å². The van der Waals surface area contributed by atoms with Gasteiger partial charge in [-0.15, -0.1) is 10.2 Å². The Kier molecular flexibility index (Phi) is 4.07. The van der Waals surface area contributed by atoms with Gasteiger partial charge in [0.15, 0.2) is 3.92 Å². The van der Waals surface area contributed by atoms with Crippen LogP contribution >= 0.6 is 39.0 Å². The lowest BCUT2D eigenvalue weighted by Gasteiger charge is -2.20. The molecule has 0 spiro atoms. The lowest BCUT2D eigenvalue weighted by atomic mass is 10.0. The van der Waals surface area contributed by atoms with Crippen LogP contribution in [0.3, 0.4) is 0 Å². The van der Waals surface area contributed by atoms with Crippen molar-refractivity contribution in [2.45, 2.75) is 12.8 Å². The van der Waals surface area contributed by atoms with Crippen molar-refractivity contribution in [1.82, 2.24) is 10.2 Å². The number of hydrogen-bond acceptors (Lipinski definition) is 5. The second-order valence-corrected chi connectivity index (χ2v) is 6.78. The highest BCUT2D eigenvalue weighted by atomic mass is 79.9. The number of rotatable bonds is 3. The van der Waals surface area contributed by atoms with Crippen LogP contribution in [0.1, 0.15) is 12.8 Å². The second-order valence-electron chi connectivity index (χ2n) is 3.30. The lowest BCUT2D eigenvalue weighted by Crippen LogP contribution is -2.18. The van der Waals surface area contributed by atoms with Crippen LogP contribution in [-0.4, -0.2) is 28.2 Å². The van der Waals surface area contributed by atoms with E-state index >= 15 is 0 Å². The minimum Gasteiger partial charge on any atom is -0.360 e. The monoisotopic (exact) mass is 293 g/mol. The Labute approximate surface area is 100 Å². The van der Waals surface area contributed by atoms with Crippen molar-refractivity contribution in [3.63, 3.8) is 0 Å². The molecule has 0 aliphatic carbocycles. The molecule has 0 atom stereocenters. The summed E-state index contributed by atoms with van der Waals surface area (Å²) >= 11 is 6.92. The highest BCUT2D eigenvalue weighted by molar-refractivity contribution is 9.11. The molecule has 6 heteroatoms. The van der Waals surface area contributed by atoms with Crippen LogP contribution in [0.25, 0.3) is 0 Å². The first kappa shape index (κ1) is 10.7. The smallest absolute Gasteiger partial charge is 0.206 e. The zero-order valence-electron chi connectivity index (χ0n) is 7.70. The van der Waals surface area contributed by atoms with E-state index < -0.39 is 0 Å². The number of nitrogens with zero attached hydrogens (tertiary/aromatic N) is 2. The molecular weight excluding hydrogens is 282 g/mol. The van der Waals surface area contributed by atoms with Crippen molar-refractivity contribution in [2.24, 2.45) is 5.92 Å². The van der Waals surface area contributed by atoms with Crippen molar-refractivity contribution in [3.8, 4) is 0 Å². The van der Waals surface area contributed by atoms with E-state index in [-0.39, 0.29) is 0 Å². The lowest BCUT2D eigenvalue weighted by molar-refractivity contribution is 0.516. The molecule has 1 aliphatic heterocycles. The van der Waals surface area contributed by atoms with E-state index in [2.05, 4.69) is 43.2 Å². The number of hydrogen-bond donors (Lipinski definition) is 1. The molecule has 14 heavy (non-hydrogen) atoms. The number of thioether (sulfide) groups is 1. The minimum absolute atomic E-state index is 0.818. The van der Waals surface area contributed by atoms with E-state index in [0.29, 0.717) is 0 Å². The van der Waals surface area contributed by atoms with Gasteiger partial charge < -0.3 is 5.32 Å². The maximum absolute atomic E-state index is 4.01. The molecule has 1 aromatic heterocycles. The van der Waals surface area contributed by atoms with E-state index in [1.807, 2.05) is 0 Å². The summed E-state index contributed by atoms with van der Waals surface area (Å²) in [6.07, 6.45) is 2.66. The van der Waals surface area contributed by atoms with Crippen LogP contribution in [0, 0.1) is 5.92 Å². The van der Waals surface area contributed by atoms with Crippen molar-refractivity contribution in [2.75, 3.05) is 23.4 Å². The van der Waals surface area contributed by atoms with Gasteiger partial charge in [-0.1, -0.05) is 11.3 Å². The highest BCUT2D eigenvalue weighted by Gasteiger charge is 2.13. The Morgan fingerprint density at radius 3 is 2.79 bits per heavy atom. The Balaban J connectivity index is 1.76. The molecule has 0 amide bonds. The molecule has 78 valence electrons. The summed E-state index contributed by atoms with van der Waals surface area (Å²) in [5.74, 6) is 3.44. The molecule has 2 rings (SSSR count). The van der Waals surface area contributed by atoms with Crippen molar-refractivity contribution in [1.29, 1.82) is 0 Å². The Morgan fingerprint density at radius 1 is 1.36 bits per heavy atom. The predicted octanol–water partition coefficient (Wildman–Crippen LogP) is 2.86. The van der Waals surface area contributed by atoms with Crippen molar-refractivity contribution in [3.05, 3.63) is 3.92 Å². The summed E-state index contributed by atoms with van der Waals surface area (Å²) in [6, 6.07) is 0. The second kappa shape index (κ2) is 5.32. The molecule has 1 saturated heterocycles. The van der Waals surface area contributed by atoms with E-state index in [1.54, 1.807) is 11.3 Å². The first-order valence-electron chi connectivity index (χ1n) is 4.65. The minimum atomic E-state index is 0.818. The molecule has 0 bridgehead atoms. The van der Waals surface area contributed by atoms with Crippen LogP contribution in [0.5, 0.6) is 0 Å². The zero-order valence-corrected chi connectivity index (χ0v) is 10.9. The summed E-state index contributed by atoms with van der Waals surface area (Å²) in [5, 5.41) is 12.2. The Hall–Kier alpha value is 0.190. The average molecular weight is 294 g/mol. The van der Waals surface area contributed by atoms with Gasteiger partial charge in [-0.2, -0.15) is 11.8 Å². The van der Waals surface area contributed by atoms with Crippen LogP contribution in [-0.2, 0) is 0 Å². The fourth-order valence-corrected chi connectivity index (χ4v) is 3.68. The molecule has 0 radical (unpaired) electrons. The highest BCUT2D eigenvalue weighted by Crippen LogP contribution is 2.24. The molecule has 1 aliphatic rings. The maximum atomic E-state index is 4.01. The van der Waals surface area contributed by atoms with Gasteiger partial charge in [0, 0.05) is 6.54 Å². The largest absolute Gasteiger partial charge is 0.360 e. The third-order valence-electron chi connectivity index (χ3n) is 2.28. The van der Waals surface area contributed by atoms with Gasteiger partial charge >= 0.3 is 0 Å². The summed E-state index contributed by atoms with van der Waals surface area (Å²) < 4.78 is 0.846. The topological polar surface area (TPSA) is 37.8 Å². The summed E-state index contributed by atoms with van der Waals surface area (Å²) in [4.78, 5) is 0. The van der Waals surface area contributed by atoms with Gasteiger partial charge in [0.25, 0.3) is 0 Å². The van der Waals surface area contributed by atoms with Crippen LogP contribution in [0.15, 0.2) is 3.92 Å². The van der Waals surface area contributed by atoms with Gasteiger partial charge in [-0.25, -0.2) is 0 Å². The SMILES string of the molecule is Brc1nnc(NCC2CCSCC2)s1. The molecule has 0 unspecified atom stereocenters. The molecule has 0 aromatic carbocycles. The predicted molar refractivity (Wildman–Crippen MR) is 66.1 cm³/mol. The first-order valence-corrected chi connectivity index (χ1v) is 7.41. The van der Waals surface area contributed by atoms with Crippen LogP contribution in [0.4, 0.5) is 5.13 Å². The summed E-state index contributed by atoms with van der Waals surface area (Å²) in [6.45, 7) is 1.04. The van der Waals surface area contributed by atoms with Gasteiger partial charge in [0.2, 0.25) is 5.13 Å². The third-order valence-corrected chi connectivity index (χ3v) is 4.65. The summed E-state index contributed by atoms with van der Waals surface area (Å²) in [7, 11) is 0. The van der Waals surface area contributed by atoms with Crippen molar-refractivity contribution < 1.29 is 0 Å². The molecule has 0 saturated carbocycles. The van der Waals surface area contributed by atoms with E-state index in [4.69, 9.17) is 0 Å². The quantitative estimate of drug-likeness (QED) is 0.930. The first-order chi connectivity index (χ1) is 6.84. The fourth-order valence-electron chi connectivity index (χ4n) is 1.46. The van der Waals surface area contributed by atoms with Gasteiger partial charge in [-0.3, -0.25) is 0 Å². The maximum Gasteiger partial charge on any atom is 0.206 e. The molecule has 2 heterocycles. The standard InChI is InChI=1S/C8H12BrN3S2/c9-7-11-12-8(14-7)10-5-6-1-3-13-4-2-6/h6H,1-5H2,(H,10,12). The van der Waals surface area contributed by atoms with E-state index in [9.17, 15) is 0 Å². The average Bonchev–Trinajstić information content (AvgIpc) is 2.63. The fraction of sp³-hybridized carbons (Fsp3) is 0.750. The number of nitrogens with one attached hydrogen (secondary N) is 1. The number of anilines is 1. The molecular formula is C8H12BrN3S2. The van der Waals surface area contributed by atoms with Gasteiger partial charge in [0.05, 0.1) is 0 Å². The van der Waals surface area contributed by atoms with Crippen LogP contribution < -0.4 is 5.32 Å². The molecule has 1 fully saturated rings. The molecule has 1 N–H and O–H groups in total. The number of halogens is 1. The van der Waals surface area contributed by atoms with Gasteiger partial charge in [0.1, 0.15) is 0 Å². The third kappa shape index (κ3) is 3.10. The Bertz CT molecular complexity index is 286. The summed E-state index contributed by atoms with van der Waals surface area (Å²) in [5.41, 5.74) is 0. The number of aromatic nitrogens is 2. The normalized spacial score (nSPS) is 18.4.